The van der Waals surface area contributed by atoms with Crippen LogP contribution in [0.5, 0.6) is 0 Å². The average molecular weight is 348 g/mol. The van der Waals surface area contributed by atoms with Gasteiger partial charge >= 0.3 is 5.97 Å². The Kier molecular flexibility index (Phi) is 5.71. The molecule has 0 aliphatic carbocycles. The summed E-state index contributed by atoms with van der Waals surface area (Å²) in [5.41, 5.74) is 0.592. The highest BCUT2D eigenvalue weighted by atomic mass is 79.9. The minimum atomic E-state index is -3.69. The Labute approximate surface area is 120 Å². The van der Waals surface area contributed by atoms with Crippen LogP contribution in [0.4, 0.5) is 0 Å². The van der Waals surface area contributed by atoms with E-state index < -0.39 is 22.5 Å². The largest absolute Gasteiger partial charge is 0.480 e. The molecule has 0 aromatic heterocycles. The number of carboxylic acid groups (broad SMARTS) is 1. The van der Waals surface area contributed by atoms with E-state index in [1.807, 2.05) is 0 Å². The molecule has 0 aliphatic rings. The van der Waals surface area contributed by atoms with E-state index in [0.29, 0.717) is 5.56 Å². The third kappa shape index (κ3) is 5.14. The Balaban J connectivity index is 2.94. The number of benzene rings is 1. The lowest BCUT2D eigenvalue weighted by Crippen LogP contribution is -2.36. The highest BCUT2D eigenvalue weighted by Gasteiger charge is 2.23. The Hall–Kier alpha value is -1.18. The molecule has 0 bridgehead atoms. The SMILES string of the molecule is C=CCN(CC(=O)O)S(=O)(=O)Cc1cccc(Br)c1. The van der Waals surface area contributed by atoms with Gasteiger partial charge in [-0.25, -0.2) is 8.42 Å². The summed E-state index contributed by atoms with van der Waals surface area (Å²) in [7, 11) is -3.69. The number of nitrogens with zero attached hydrogens (tertiary/aromatic N) is 1. The Morgan fingerprint density at radius 1 is 1.47 bits per heavy atom. The molecular formula is C12H14BrNO4S. The molecule has 0 unspecified atom stereocenters. The van der Waals surface area contributed by atoms with Crippen LogP contribution in [0.3, 0.4) is 0 Å². The van der Waals surface area contributed by atoms with Crippen LogP contribution >= 0.6 is 15.9 Å². The molecule has 19 heavy (non-hydrogen) atoms. The number of hydrogen-bond acceptors (Lipinski definition) is 3. The molecule has 0 saturated carbocycles. The van der Waals surface area contributed by atoms with Crippen LogP contribution in [0, 0.1) is 0 Å². The molecule has 0 heterocycles. The van der Waals surface area contributed by atoms with Crippen LogP contribution in [0.2, 0.25) is 0 Å². The molecule has 0 atom stereocenters. The maximum Gasteiger partial charge on any atom is 0.318 e. The van der Waals surface area contributed by atoms with E-state index in [1.165, 1.54) is 6.08 Å². The molecule has 0 saturated heterocycles. The van der Waals surface area contributed by atoms with Gasteiger partial charge < -0.3 is 5.11 Å². The minimum absolute atomic E-state index is 0.0252. The number of carboxylic acids is 1. The van der Waals surface area contributed by atoms with Gasteiger partial charge in [0.25, 0.3) is 0 Å². The Bertz CT molecular complexity index is 571. The van der Waals surface area contributed by atoms with Crippen molar-refractivity contribution >= 4 is 31.9 Å². The van der Waals surface area contributed by atoms with Crippen LogP contribution < -0.4 is 0 Å². The number of halogens is 1. The van der Waals surface area contributed by atoms with Crippen molar-refractivity contribution in [2.24, 2.45) is 0 Å². The van der Waals surface area contributed by atoms with Gasteiger partial charge in [0.15, 0.2) is 0 Å². The lowest BCUT2D eigenvalue weighted by atomic mass is 10.2. The predicted octanol–water partition coefficient (Wildman–Crippen LogP) is 1.85. The van der Waals surface area contributed by atoms with Gasteiger partial charge in [0, 0.05) is 11.0 Å². The van der Waals surface area contributed by atoms with Crippen molar-refractivity contribution in [3.05, 3.63) is 47.0 Å². The zero-order chi connectivity index (χ0) is 14.5. The summed E-state index contributed by atoms with van der Waals surface area (Å²) >= 11 is 3.26. The third-order valence-corrected chi connectivity index (χ3v) is 4.53. The molecule has 0 spiro atoms. The fourth-order valence-corrected chi connectivity index (χ4v) is 3.37. The summed E-state index contributed by atoms with van der Waals surface area (Å²) < 4.78 is 25.9. The van der Waals surface area contributed by atoms with Crippen molar-refractivity contribution in [1.82, 2.24) is 4.31 Å². The van der Waals surface area contributed by atoms with Gasteiger partial charge in [0.05, 0.1) is 5.75 Å². The van der Waals surface area contributed by atoms with Crippen molar-refractivity contribution in [2.45, 2.75) is 5.75 Å². The molecule has 1 rings (SSSR count). The van der Waals surface area contributed by atoms with E-state index in [0.717, 1.165) is 8.78 Å². The molecule has 1 N–H and O–H groups in total. The summed E-state index contributed by atoms with van der Waals surface area (Å²) in [5.74, 6) is -1.44. The summed E-state index contributed by atoms with van der Waals surface area (Å²) in [4.78, 5) is 10.7. The second kappa shape index (κ2) is 6.83. The van der Waals surface area contributed by atoms with Crippen LogP contribution in [0.25, 0.3) is 0 Å². The summed E-state index contributed by atoms with van der Waals surface area (Å²) in [5, 5.41) is 8.74. The van der Waals surface area contributed by atoms with Gasteiger partial charge in [-0.1, -0.05) is 34.1 Å². The summed E-state index contributed by atoms with van der Waals surface area (Å²) in [6, 6.07) is 6.87. The van der Waals surface area contributed by atoms with E-state index >= 15 is 0 Å². The lowest BCUT2D eigenvalue weighted by Gasteiger charge is -2.18. The highest BCUT2D eigenvalue weighted by molar-refractivity contribution is 9.10. The van der Waals surface area contributed by atoms with Crippen LogP contribution in [0.15, 0.2) is 41.4 Å². The Morgan fingerprint density at radius 3 is 2.68 bits per heavy atom. The van der Waals surface area contributed by atoms with E-state index in [-0.39, 0.29) is 12.3 Å². The van der Waals surface area contributed by atoms with Gasteiger partial charge in [0.1, 0.15) is 6.54 Å². The Morgan fingerprint density at radius 2 is 2.16 bits per heavy atom. The number of rotatable bonds is 7. The molecule has 1 aromatic rings. The van der Waals surface area contributed by atoms with E-state index in [2.05, 4.69) is 22.5 Å². The molecule has 0 amide bonds. The standard InChI is InChI=1S/C12H14BrNO4S/c1-2-6-14(8-12(15)16)19(17,18)9-10-4-3-5-11(13)7-10/h2-5,7H,1,6,8-9H2,(H,15,16). The first-order chi connectivity index (χ1) is 8.85. The van der Waals surface area contributed by atoms with E-state index in [4.69, 9.17) is 5.11 Å². The molecule has 7 heteroatoms. The zero-order valence-electron chi connectivity index (χ0n) is 10.1. The first-order valence-corrected chi connectivity index (χ1v) is 7.80. The third-order valence-electron chi connectivity index (χ3n) is 2.28. The first-order valence-electron chi connectivity index (χ1n) is 5.40. The minimum Gasteiger partial charge on any atom is -0.480 e. The van der Waals surface area contributed by atoms with Gasteiger partial charge in [-0.3, -0.25) is 4.79 Å². The van der Waals surface area contributed by atoms with Crippen molar-refractivity contribution < 1.29 is 18.3 Å². The van der Waals surface area contributed by atoms with E-state index in [1.54, 1.807) is 24.3 Å². The number of aliphatic carboxylic acids is 1. The summed E-state index contributed by atoms with van der Waals surface area (Å²) in [6.45, 7) is 2.84. The fraction of sp³-hybridized carbons (Fsp3) is 0.250. The first kappa shape index (κ1) is 15.9. The number of hydrogen-bond donors (Lipinski definition) is 1. The summed E-state index contributed by atoms with van der Waals surface area (Å²) in [6.07, 6.45) is 1.36. The molecule has 104 valence electrons. The molecule has 0 aliphatic heterocycles. The smallest absolute Gasteiger partial charge is 0.318 e. The second-order valence-corrected chi connectivity index (χ2v) is 6.75. The molecular weight excluding hydrogens is 334 g/mol. The topological polar surface area (TPSA) is 74.7 Å². The van der Waals surface area contributed by atoms with Crippen molar-refractivity contribution in [2.75, 3.05) is 13.1 Å². The van der Waals surface area contributed by atoms with Gasteiger partial charge in [-0.15, -0.1) is 6.58 Å². The normalized spacial score (nSPS) is 11.5. The highest BCUT2D eigenvalue weighted by Crippen LogP contribution is 2.16. The maximum atomic E-state index is 12.1. The van der Waals surface area contributed by atoms with Gasteiger partial charge in [0.2, 0.25) is 10.0 Å². The molecule has 1 aromatic carbocycles. The lowest BCUT2D eigenvalue weighted by molar-refractivity contribution is -0.137. The zero-order valence-corrected chi connectivity index (χ0v) is 12.5. The van der Waals surface area contributed by atoms with Crippen molar-refractivity contribution in [3.8, 4) is 0 Å². The van der Waals surface area contributed by atoms with Gasteiger partial charge in [-0.2, -0.15) is 4.31 Å². The second-order valence-electron chi connectivity index (χ2n) is 3.86. The van der Waals surface area contributed by atoms with Crippen LogP contribution in [-0.4, -0.2) is 36.9 Å². The average Bonchev–Trinajstić information content (AvgIpc) is 2.27. The van der Waals surface area contributed by atoms with Gasteiger partial charge in [-0.05, 0) is 17.7 Å². The molecule has 0 radical (unpaired) electrons. The quantitative estimate of drug-likeness (QED) is 0.763. The number of sulfonamides is 1. The molecule has 0 fully saturated rings. The molecule has 5 nitrogen and oxygen atoms in total. The maximum absolute atomic E-state index is 12.1. The monoisotopic (exact) mass is 347 g/mol. The van der Waals surface area contributed by atoms with E-state index in [9.17, 15) is 13.2 Å². The van der Waals surface area contributed by atoms with Crippen LogP contribution in [-0.2, 0) is 20.6 Å². The van der Waals surface area contributed by atoms with Crippen molar-refractivity contribution in [1.29, 1.82) is 0 Å². The number of carbonyl (C=O) groups is 1. The fourth-order valence-electron chi connectivity index (χ4n) is 1.50. The van der Waals surface area contributed by atoms with Crippen molar-refractivity contribution in [3.63, 3.8) is 0 Å². The predicted molar refractivity (Wildman–Crippen MR) is 76.2 cm³/mol. The van der Waals surface area contributed by atoms with Crippen LogP contribution in [0.1, 0.15) is 5.56 Å².